The number of carboxylic acid groups (broad SMARTS) is 1. The minimum absolute atomic E-state index is 0.0424. The number of alkyl carbamates (subject to hydrolysis) is 1. The highest BCUT2D eigenvalue weighted by molar-refractivity contribution is 5.89. The first-order chi connectivity index (χ1) is 15.9. The first kappa shape index (κ1) is 25.3. The van der Waals surface area contributed by atoms with Crippen molar-refractivity contribution in [3.05, 3.63) is 59.7 Å². The van der Waals surface area contributed by atoms with Crippen molar-refractivity contribution in [3.8, 4) is 11.1 Å². The molecule has 2 aromatic rings. The number of hydrogen-bond acceptors (Lipinski definition) is 4. The van der Waals surface area contributed by atoms with Crippen LogP contribution in [0.4, 0.5) is 4.79 Å². The second-order valence-corrected chi connectivity index (χ2v) is 10.7. The van der Waals surface area contributed by atoms with E-state index in [1.807, 2.05) is 62.4 Å². The third kappa shape index (κ3) is 6.37. The SMILES string of the molecule is CC(C)(C)CC(C)(C)NC(=O)C(CC(=O)O)NC(=O)OCC1c2ccccc2-c2ccccc21. The molecule has 0 aliphatic heterocycles. The Morgan fingerprint density at radius 2 is 1.47 bits per heavy atom. The smallest absolute Gasteiger partial charge is 0.407 e. The fraction of sp³-hybridized carbons (Fsp3) is 0.444. The fourth-order valence-electron chi connectivity index (χ4n) is 4.96. The number of carbonyl (C=O) groups excluding carboxylic acids is 2. The Morgan fingerprint density at radius 1 is 0.941 bits per heavy atom. The van der Waals surface area contributed by atoms with Gasteiger partial charge < -0.3 is 20.5 Å². The number of amides is 2. The summed E-state index contributed by atoms with van der Waals surface area (Å²) in [7, 11) is 0. The number of hydrogen-bond donors (Lipinski definition) is 3. The number of aliphatic carboxylic acids is 1. The van der Waals surface area contributed by atoms with Crippen LogP contribution in [-0.4, -0.2) is 41.3 Å². The Hall–Kier alpha value is -3.35. The molecule has 1 atom stereocenters. The average Bonchev–Trinajstić information content (AvgIpc) is 3.03. The summed E-state index contributed by atoms with van der Waals surface area (Å²) in [5.74, 6) is -1.87. The molecule has 0 fully saturated rings. The number of nitrogens with one attached hydrogen (secondary N) is 2. The number of carbonyl (C=O) groups is 3. The lowest BCUT2D eigenvalue weighted by Gasteiger charge is -2.34. The quantitative estimate of drug-likeness (QED) is 0.523. The lowest BCUT2D eigenvalue weighted by Crippen LogP contribution is -2.54. The number of rotatable bonds is 8. The standard InChI is InChI=1S/C27H34N2O5/c1-26(2,3)16-27(4,5)29-24(32)22(14-23(30)31)28-25(33)34-15-21-19-12-8-6-10-17(19)18-11-7-9-13-20(18)21/h6-13,21-22H,14-16H2,1-5H3,(H,28,33)(H,29,32)(H,30,31). The van der Waals surface area contributed by atoms with E-state index in [4.69, 9.17) is 4.74 Å². The van der Waals surface area contributed by atoms with Crippen LogP contribution in [0.15, 0.2) is 48.5 Å². The molecule has 0 saturated carbocycles. The predicted octanol–water partition coefficient (Wildman–Crippen LogP) is 4.70. The molecule has 3 rings (SSSR count). The maximum Gasteiger partial charge on any atom is 0.407 e. The van der Waals surface area contributed by atoms with Crippen molar-refractivity contribution >= 4 is 18.0 Å². The summed E-state index contributed by atoms with van der Waals surface area (Å²) in [4.78, 5) is 36.8. The highest BCUT2D eigenvalue weighted by Gasteiger charge is 2.33. The van der Waals surface area contributed by atoms with Crippen LogP contribution in [0.3, 0.4) is 0 Å². The summed E-state index contributed by atoms with van der Waals surface area (Å²) in [6.45, 7) is 10.0. The van der Waals surface area contributed by atoms with Gasteiger partial charge in [0.1, 0.15) is 12.6 Å². The summed E-state index contributed by atoms with van der Waals surface area (Å²) in [5.41, 5.74) is 3.74. The second kappa shape index (κ2) is 9.87. The Kier molecular flexibility index (Phi) is 7.34. The molecule has 7 heteroatoms. The van der Waals surface area contributed by atoms with Crippen molar-refractivity contribution in [3.63, 3.8) is 0 Å². The van der Waals surface area contributed by atoms with Crippen molar-refractivity contribution in [1.82, 2.24) is 10.6 Å². The number of fused-ring (bicyclic) bond motifs is 3. The first-order valence-electron chi connectivity index (χ1n) is 11.5. The minimum Gasteiger partial charge on any atom is -0.481 e. The lowest BCUT2D eigenvalue weighted by atomic mass is 9.81. The molecule has 0 bridgehead atoms. The molecule has 0 heterocycles. The van der Waals surface area contributed by atoms with Crippen LogP contribution in [0.2, 0.25) is 0 Å². The highest BCUT2D eigenvalue weighted by Crippen LogP contribution is 2.44. The van der Waals surface area contributed by atoms with E-state index in [2.05, 4.69) is 31.4 Å². The van der Waals surface area contributed by atoms with Crippen LogP contribution in [-0.2, 0) is 14.3 Å². The van der Waals surface area contributed by atoms with Gasteiger partial charge in [-0.3, -0.25) is 9.59 Å². The van der Waals surface area contributed by atoms with Gasteiger partial charge in [-0.05, 0) is 47.9 Å². The summed E-state index contributed by atoms with van der Waals surface area (Å²) >= 11 is 0. The molecule has 0 spiro atoms. The summed E-state index contributed by atoms with van der Waals surface area (Å²) < 4.78 is 5.49. The van der Waals surface area contributed by atoms with E-state index in [-0.39, 0.29) is 17.9 Å². The number of ether oxygens (including phenoxy) is 1. The minimum atomic E-state index is -1.24. The summed E-state index contributed by atoms with van der Waals surface area (Å²) in [6.07, 6.45) is -0.685. The maximum absolute atomic E-state index is 12.9. The maximum atomic E-state index is 12.9. The zero-order chi connectivity index (χ0) is 25.1. The van der Waals surface area contributed by atoms with Crippen molar-refractivity contribution in [2.24, 2.45) is 5.41 Å². The molecule has 34 heavy (non-hydrogen) atoms. The molecular weight excluding hydrogens is 432 g/mol. The van der Waals surface area contributed by atoms with Gasteiger partial charge in [0.05, 0.1) is 6.42 Å². The molecule has 7 nitrogen and oxygen atoms in total. The fourth-order valence-corrected chi connectivity index (χ4v) is 4.96. The molecule has 0 saturated heterocycles. The Balaban J connectivity index is 1.67. The van der Waals surface area contributed by atoms with Crippen LogP contribution >= 0.6 is 0 Å². The average molecular weight is 467 g/mol. The second-order valence-electron chi connectivity index (χ2n) is 10.7. The van der Waals surface area contributed by atoms with Gasteiger partial charge in [0, 0.05) is 11.5 Å². The van der Waals surface area contributed by atoms with Crippen molar-refractivity contribution < 1.29 is 24.2 Å². The normalized spacial score (nSPS) is 14.0. The Labute approximate surface area is 200 Å². The van der Waals surface area contributed by atoms with Crippen LogP contribution < -0.4 is 10.6 Å². The van der Waals surface area contributed by atoms with Gasteiger partial charge in [0.15, 0.2) is 0 Å². The topological polar surface area (TPSA) is 105 Å². The van der Waals surface area contributed by atoms with Crippen LogP contribution in [0.1, 0.15) is 64.5 Å². The van der Waals surface area contributed by atoms with E-state index < -0.39 is 36.0 Å². The first-order valence-corrected chi connectivity index (χ1v) is 11.5. The number of benzene rings is 2. The zero-order valence-corrected chi connectivity index (χ0v) is 20.5. The Bertz CT molecular complexity index is 1030. The molecule has 2 aromatic carbocycles. The summed E-state index contributed by atoms with van der Waals surface area (Å²) in [6, 6.07) is 14.7. The van der Waals surface area contributed by atoms with Gasteiger partial charge in [0.25, 0.3) is 0 Å². The molecule has 0 aromatic heterocycles. The van der Waals surface area contributed by atoms with Crippen LogP contribution in [0.25, 0.3) is 11.1 Å². The molecule has 3 N–H and O–H groups in total. The van der Waals surface area contributed by atoms with Gasteiger partial charge in [-0.2, -0.15) is 0 Å². The van der Waals surface area contributed by atoms with Crippen LogP contribution in [0, 0.1) is 5.41 Å². The predicted molar refractivity (Wildman–Crippen MR) is 131 cm³/mol. The Morgan fingerprint density at radius 3 is 1.97 bits per heavy atom. The monoisotopic (exact) mass is 466 g/mol. The van der Waals surface area contributed by atoms with Crippen molar-refractivity contribution in [1.29, 1.82) is 0 Å². The van der Waals surface area contributed by atoms with Gasteiger partial charge in [-0.25, -0.2) is 4.79 Å². The van der Waals surface area contributed by atoms with E-state index >= 15 is 0 Å². The lowest BCUT2D eigenvalue weighted by molar-refractivity contribution is -0.140. The molecule has 1 aliphatic rings. The third-order valence-corrected chi connectivity index (χ3v) is 5.76. The molecule has 182 valence electrons. The molecular formula is C27H34N2O5. The number of carboxylic acids is 1. The van der Waals surface area contributed by atoms with Gasteiger partial charge in [-0.15, -0.1) is 0 Å². The molecule has 0 radical (unpaired) electrons. The van der Waals surface area contributed by atoms with E-state index in [0.29, 0.717) is 6.42 Å². The highest BCUT2D eigenvalue weighted by atomic mass is 16.5. The van der Waals surface area contributed by atoms with Crippen molar-refractivity contribution in [2.75, 3.05) is 6.61 Å². The van der Waals surface area contributed by atoms with Crippen molar-refractivity contribution in [2.45, 2.75) is 65.0 Å². The summed E-state index contributed by atoms with van der Waals surface area (Å²) in [5, 5.41) is 14.6. The molecule has 1 unspecified atom stereocenters. The van der Waals surface area contributed by atoms with E-state index in [0.717, 1.165) is 22.3 Å². The van der Waals surface area contributed by atoms with E-state index in [1.54, 1.807) is 0 Å². The van der Waals surface area contributed by atoms with Gasteiger partial charge in [0.2, 0.25) is 5.91 Å². The van der Waals surface area contributed by atoms with Gasteiger partial charge >= 0.3 is 12.1 Å². The van der Waals surface area contributed by atoms with Gasteiger partial charge in [-0.1, -0.05) is 69.3 Å². The zero-order valence-electron chi connectivity index (χ0n) is 20.5. The third-order valence-electron chi connectivity index (χ3n) is 5.76. The molecule has 2 amide bonds. The van der Waals surface area contributed by atoms with Crippen LogP contribution in [0.5, 0.6) is 0 Å². The molecule has 1 aliphatic carbocycles. The van der Waals surface area contributed by atoms with E-state index in [9.17, 15) is 19.5 Å². The van der Waals surface area contributed by atoms with E-state index in [1.165, 1.54) is 0 Å². The largest absolute Gasteiger partial charge is 0.481 e.